The van der Waals surface area contributed by atoms with Gasteiger partial charge in [-0.15, -0.1) is 11.6 Å². The number of carbonyl (C=O) groups is 1. The number of alkyl halides is 1. The first-order chi connectivity index (χ1) is 11.0. The number of benzene rings is 2. The molecule has 23 heavy (non-hydrogen) atoms. The minimum atomic E-state index is -0.752. The summed E-state index contributed by atoms with van der Waals surface area (Å²) in [6.45, 7) is 1.52. The topological polar surface area (TPSA) is 56.5 Å². The number of hydrogen-bond acceptors (Lipinski definition) is 4. The molecule has 116 valence electrons. The molecule has 1 aromatic heterocycles. The molecule has 3 rings (SSSR count). The number of ether oxygens (including phenoxy) is 1. The molecule has 0 aliphatic rings. The Balaban J connectivity index is 2.03. The second-order valence-corrected chi connectivity index (χ2v) is 5.70. The number of esters is 1. The lowest BCUT2D eigenvalue weighted by atomic mass is 10.1. The van der Waals surface area contributed by atoms with Crippen molar-refractivity contribution in [3.8, 4) is 16.9 Å². The van der Waals surface area contributed by atoms with E-state index >= 15 is 0 Å². The summed E-state index contributed by atoms with van der Waals surface area (Å²) < 4.78 is 10.5. The number of fused-ring (bicyclic) bond motifs is 1. The van der Waals surface area contributed by atoms with Crippen LogP contribution in [0.2, 0.25) is 0 Å². The molecular formula is C18H13ClO4. The quantitative estimate of drug-likeness (QED) is 0.316. The first kappa shape index (κ1) is 15.3. The minimum Gasteiger partial charge on any atom is -0.425 e. The third-order valence-electron chi connectivity index (χ3n) is 3.34. The van der Waals surface area contributed by atoms with E-state index < -0.39 is 17.0 Å². The second kappa shape index (κ2) is 6.26. The van der Waals surface area contributed by atoms with Crippen LogP contribution in [0.3, 0.4) is 0 Å². The second-order valence-electron chi connectivity index (χ2n) is 5.05. The van der Waals surface area contributed by atoms with Gasteiger partial charge in [-0.05, 0) is 30.7 Å². The summed E-state index contributed by atoms with van der Waals surface area (Å²) in [7, 11) is 0. The van der Waals surface area contributed by atoms with Gasteiger partial charge in [-0.3, -0.25) is 4.79 Å². The van der Waals surface area contributed by atoms with Crippen molar-refractivity contribution in [2.45, 2.75) is 12.3 Å². The molecule has 1 atom stereocenters. The fourth-order valence-electron chi connectivity index (χ4n) is 2.17. The third-order valence-corrected chi connectivity index (χ3v) is 3.51. The zero-order chi connectivity index (χ0) is 16.4. The van der Waals surface area contributed by atoms with Gasteiger partial charge in [-0.2, -0.15) is 0 Å². The lowest BCUT2D eigenvalue weighted by Gasteiger charge is -2.07. The molecule has 0 radical (unpaired) electrons. The lowest BCUT2D eigenvalue weighted by Crippen LogP contribution is -2.17. The highest BCUT2D eigenvalue weighted by Crippen LogP contribution is 2.24. The first-order valence-corrected chi connectivity index (χ1v) is 7.47. The maximum Gasteiger partial charge on any atom is 0.344 e. The van der Waals surface area contributed by atoms with Crippen LogP contribution in [0.5, 0.6) is 5.75 Å². The van der Waals surface area contributed by atoms with Gasteiger partial charge in [0, 0.05) is 11.5 Å². The molecule has 0 amide bonds. The average Bonchev–Trinajstić information content (AvgIpc) is 2.54. The van der Waals surface area contributed by atoms with E-state index in [1.54, 1.807) is 18.2 Å². The van der Waals surface area contributed by atoms with Gasteiger partial charge in [0.1, 0.15) is 16.7 Å². The van der Waals surface area contributed by atoms with E-state index in [4.69, 9.17) is 20.8 Å². The summed E-state index contributed by atoms with van der Waals surface area (Å²) in [6.07, 6.45) is 0. The lowest BCUT2D eigenvalue weighted by molar-refractivity contribution is -0.133. The first-order valence-electron chi connectivity index (χ1n) is 7.04. The Kier molecular flexibility index (Phi) is 4.17. The molecule has 0 aliphatic heterocycles. The molecule has 0 saturated heterocycles. The van der Waals surface area contributed by atoms with Crippen LogP contribution in [-0.2, 0) is 4.79 Å². The maximum atomic E-state index is 12.2. The van der Waals surface area contributed by atoms with Crippen molar-refractivity contribution >= 4 is 28.5 Å². The van der Waals surface area contributed by atoms with Crippen LogP contribution in [0, 0.1) is 0 Å². The molecule has 0 fully saturated rings. The van der Waals surface area contributed by atoms with Crippen molar-refractivity contribution in [1.82, 2.24) is 0 Å². The molecule has 1 unspecified atom stereocenters. The molecule has 1 heterocycles. The van der Waals surface area contributed by atoms with E-state index in [0.717, 1.165) is 10.9 Å². The van der Waals surface area contributed by atoms with E-state index in [1.165, 1.54) is 13.0 Å². The van der Waals surface area contributed by atoms with Crippen LogP contribution in [0.15, 0.2) is 63.8 Å². The van der Waals surface area contributed by atoms with Gasteiger partial charge < -0.3 is 9.15 Å². The van der Waals surface area contributed by atoms with Crippen LogP contribution in [0.4, 0.5) is 0 Å². The van der Waals surface area contributed by atoms with Crippen molar-refractivity contribution in [2.24, 2.45) is 0 Å². The van der Waals surface area contributed by atoms with Crippen LogP contribution in [0.25, 0.3) is 22.1 Å². The summed E-state index contributed by atoms with van der Waals surface area (Å²) >= 11 is 5.66. The summed E-state index contributed by atoms with van der Waals surface area (Å²) in [5, 5.41) is -0.0136. The minimum absolute atomic E-state index is 0.283. The molecule has 0 spiro atoms. The fraction of sp³-hybridized carbons (Fsp3) is 0.111. The summed E-state index contributed by atoms with van der Waals surface area (Å²) in [4.78, 5) is 23.7. The van der Waals surface area contributed by atoms with Crippen molar-refractivity contribution in [1.29, 1.82) is 0 Å². The molecule has 4 nitrogen and oxygen atoms in total. The monoisotopic (exact) mass is 328 g/mol. The van der Waals surface area contributed by atoms with Crippen molar-refractivity contribution < 1.29 is 13.9 Å². The highest BCUT2D eigenvalue weighted by atomic mass is 35.5. The van der Waals surface area contributed by atoms with Gasteiger partial charge in [0.05, 0.1) is 5.56 Å². The normalized spacial score (nSPS) is 12.1. The van der Waals surface area contributed by atoms with Gasteiger partial charge in [0.15, 0.2) is 0 Å². The number of hydrogen-bond donors (Lipinski definition) is 0. The van der Waals surface area contributed by atoms with Gasteiger partial charge in [0.25, 0.3) is 0 Å². The molecule has 2 aromatic carbocycles. The molecular weight excluding hydrogens is 316 g/mol. The van der Waals surface area contributed by atoms with Gasteiger partial charge in [-0.1, -0.05) is 30.3 Å². The third kappa shape index (κ3) is 3.27. The van der Waals surface area contributed by atoms with Gasteiger partial charge in [0.2, 0.25) is 0 Å². The highest BCUT2D eigenvalue weighted by Gasteiger charge is 2.13. The smallest absolute Gasteiger partial charge is 0.344 e. The van der Waals surface area contributed by atoms with Crippen LogP contribution < -0.4 is 10.4 Å². The fourth-order valence-corrected chi connectivity index (χ4v) is 2.22. The molecule has 0 N–H and O–H groups in total. The average molecular weight is 329 g/mol. The summed E-state index contributed by atoms with van der Waals surface area (Å²) in [5.41, 5.74) is 1.17. The Hall–Kier alpha value is -2.59. The van der Waals surface area contributed by atoms with Gasteiger partial charge >= 0.3 is 11.6 Å². The standard InChI is InChI=1S/C18H13ClO4/c1-11(19)17(20)22-14-8-7-13-9-15(12-5-3-2-4-6-12)18(21)23-16(13)10-14/h2-11H,1H3. The van der Waals surface area contributed by atoms with Crippen LogP contribution >= 0.6 is 11.6 Å². The van der Waals surface area contributed by atoms with Crippen molar-refractivity contribution in [3.63, 3.8) is 0 Å². The van der Waals surface area contributed by atoms with Crippen LogP contribution in [-0.4, -0.2) is 11.3 Å². The van der Waals surface area contributed by atoms with E-state index in [2.05, 4.69) is 0 Å². The van der Waals surface area contributed by atoms with Crippen LogP contribution in [0.1, 0.15) is 6.92 Å². The van der Waals surface area contributed by atoms with E-state index in [-0.39, 0.29) is 5.75 Å². The van der Waals surface area contributed by atoms with E-state index in [1.807, 2.05) is 30.3 Å². The molecule has 5 heteroatoms. The van der Waals surface area contributed by atoms with E-state index in [9.17, 15) is 9.59 Å². The molecule has 0 saturated carbocycles. The van der Waals surface area contributed by atoms with Gasteiger partial charge in [-0.25, -0.2) is 4.79 Å². The van der Waals surface area contributed by atoms with E-state index in [0.29, 0.717) is 11.1 Å². The Morgan fingerprint density at radius 3 is 2.57 bits per heavy atom. The summed E-state index contributed by atoms with van der Waals surface area (Å²) in [6, 6.07) is 15.9. The largest absolute Gasteiger partial charge is 0.425 e. The molecule has 0 bridgehead atoms. The highest BCUT2D eigenvalue weighted by molar-refractivity contribution is 6.29. The predicted molar refractivity (Wildman–Crippen MR) is 88.9 cm³/mol. The Morgan fingerprint density at radius 1 is 1.13 bits per heavy atom. The predicted octanol–water partition coefficient (Wildman–Crippen LogP) is 3.99. The number of halogens is 1. The number of carbonyl (C=O) groups excluding carboxylic acids is 1. The Labute approximate surface area is 137 Å². The van der Waals surface area contributed by atoms with Crippen molar-refractivity contribution in [3.05, 3.63) is 65.0 Å². The Morgan fingerprint density at radius 2 is 1.87 bits per heavy atom. The molecule has 0 aliphatic carbocycles. The van der Waals surface area contributed by atoms with Crippen molar-refractivity contribution in [2.75, 3.05) is 0 Å². The SMILES string of the molecule is CC(Cl)C(=O)Oc1ccc2cc(-c3ccccc3)c(=O)oc2c1. The number of rotatable bonds is 3. The Bertz CT molecular complexity index is 913. The zero-order valence-electron chi connectivity index (χ0n) is 12.3. The maximum absolute atomic E-state index is 12.2. The molecule has 3 aromatic rings. The zero-order valence-corrected chi connectivity index (χ0v) is 13.0. The summed E-state index contributed by atoms with van der Waals surface area (Å²) in [5.74, 6) is -0.278.